The second kappa shape index (κ2) is 3.13. The molecule has 2 fully saturated rings. The average molecular weight is 209 g/mol. The second-order valence-corrected chi connectivity index (χ2v) is 4.75. The quantitative estimate of drug-likeness (QED) is 0.826. The third kappa shape index (κ3) is 1.59. The van der Waals surface area contributed by atoms with Crippen molar-refractivity contribution >= 4 is 17.3 Å². The van der Waals surface area contributed by atoms with E-state index in [9.17, 15) is 0 Å². The molecule has 2 nitrogen and oxygen atoms in total. The Morgan fingerprint density at radius 2 is 2.29 bits per heavy atom. The van der Waals surface area contributed by atoms with Crippen molar-refractivity contribution in [1.82, 2.24) is 4.98 Å². The van der Waals surface area contributed by atoms with Crippen LogP contribution in [0.3, 0.4) is 0 Å². The monoisotopic (exact) mass is 208 g/mol. The van der Waals surface area contributed by atoms with Gasteiger partial charge < -0.3 is 5.32 Å². The van der Waals surface area contributed by atoms with Crippen LogP contribution in [0.15, 0.2) is 18.5 Å². The minimum absolute atomic E-state index is 0.669. The van der Waals surface area contributed by atoms with Crippen molar-refractivity contribution in [3.8, 4) is 0 Å². The summed E-state index contributed by atoms with van der Waals surface area (Å²) >= 11 is 6.01. The van der Waals surface area contributed by atoms with Gasteiger partial charge in [0.2, 0.25) is 0 Å². The maximum Gasteiger partial charge on any atom is 0.0820 e. The summed E-state index contributed by atoms with van der Waals surface area (Å²) in [6.07, 6.45) is 7.67. The number of hydrogen-bond acceptors (Lipinski definition) is 2. The minimum atomic E-state index is 0.669. The van der Waals surface area contributed by atoms with Gasteiger partial charge in [0.15, 0.2) is 0 Å². The maximum absolute atomic E-state index is 6.01. The van der Waals surface area contributed by atoms with Crippen LogP contribution in [0.1, 0.15) is 19.3 Å². The van der Waals surface area contributed by atoms with E-state index in [0.29, 0.717) is 6.04 Å². The molecule has 14 heavy (non-hydrogen) atoms. The second-order valence-electron chi connectivity index (χ2n) is 4.34. The molecular formula is C11H13ClN2. The Morgan fingerprint density at radius 3 is 3.00 bits per heavy atom. The fourth-order valence-electron chi connectivity index (χ4n) is 2.12. The Hall–Kier alpha value is -0.760. The Morgan fingerprint density at radius 1 is 1.43 bits per heavy atom. The molecule has 1 N–H and O–H groups in total. The van der Waals surface area contributed by atoms with Gasteiger partial charge in [-0.2, -0.15) is 0 Å². The van der Waals surface area contributed by atoms with Crippen LogP contribution in [0.2, 0.25) is 5.02 Å². The van der Waals surface area contributed by atoms with E-state index in [2.05, 4.69) is 10.3 Å². The Kier molecular flexibility index (Phi) is 1.91. The van der Waals surface area contributed by atoms with Crippen LogP contribution in [0.25, 0.3) is 0 Å². The third-order valence-corrected chi connectivity index (χ3v) is 3.48. The first-order valence-corrected chi connectivity index (χ1v) is 5.58. The van der Waals surface area contributed by atoms with Crippen LogP contribution < -0.4 is 5.32 Å². The highest BCUT2D eigenvalue weighted by Gasteiger charge is 2.47. The van der Waals surface area contributed by atoms with Crippen molar-refractivity contribution in [3.05, 3.63) is 23.5 Å². The molecule has 1 heterocycles. The van der Waals surface area contributed by atoms with Crippen molar-refractivity contribution < 1.29 is 0 Å². The van der Waals surface area contributed by atoms with Gasteiger partial charge in [0.05, 0.1) is 10.7 Å². The summed E-state index contributed by atoms with van der Waals surface area (Å²) in [4.78, 5) is 3.97. The molecule has 2 aliphatic carbocycles. The van der Waals surface area contributed by atoms with E-state index in [0.717, 1.165) is 22.5 Å². The molecule has 0 bridgehead atoms. The van der Waals surface area contributed by atoms with E-state index in [1.165, 1.54) is 19.3 Å². The number of nitrogens with one attached hydrogen (secondary N) is 1. The van der Waals surface area contributed by atoms with Crippen molar-refractivity contribution in [1.29, 1.82) is 0 Å². The maximum atomic E-state index is 6.01. The van der Waals surface area contributed by atoms with Crippen LogP contribution >= 0.6 is 11.6 Å². The Bertz CT molecular complexity index is 349. The zero-order valence-corrected chi connectivity index (χ0v) is 8.67. The summed E-state index contributed by atoms with van der Waals surface area (Å²) in [5.41, 5.74) is 1.04. The molecule has 0 aromatic carbocycles. The van der Waals surface area contributed by atoms with Crippen LogP contribution in [-0.2, 0) is 0 Å². The molecule has 0 aliphatic heterocycles. The summed E-state index contributed by atoms with van der Waals surface area (Å²) in [5, 5.41) is 4.21. The standard InChI is InChI=1S/C11H13ClN2/c12-9-6-13-4-3-10(9)14-11-5-8(11)7-1-2-7/h3-4,6-8,11H,1-2,5H2,(H,13,14). The van der Waals surface area contributed by atoms with Crippen LogP contribution in [0.4, 0.5) is 5.69 Å². The number of aromatic nitrogens is 1. The van der Waals surface area contributed by atoms with E-state index in [1.807, 2.05) is 6.07 Å². The number of hydrogen-bond donors (Lipinski definition) is 1. The minimum Gasteiger partial charge on any atom is -0.381 e. The lowest BCUT2D eigenvalue weighted by atomic mass is 10.2. The molecule has 0 amide bonds. The van der Waals surface area contributed by atoms with Gasteiger partial charge in [0.25, 0.3) is 0 Å². The van der Waals surface area contributed by atoms with E-state index in [4.69, 9.17) is 11.6 Å². The van der Waals surface area contributed by atoms with E-state index in [1.54, 1.807) is 12.4 Å². The van der Waals surface area contributed by atoms with Crippen molar-refractivity contribution in [2.75, 3.05) is 5.32 Å². The van der Waals surface area contributed by atoms with Gasteiger partial charge in [0, 0.05) is 18.4 Å². The van der Waals surface area contributed by atoms with Gasteiger partial charge in [-0.05, 0) is 37.2 Å². The lowest BCUT2D eigenvalue weighted by molar-refractivity contribution is 0.697. The number of halogens is 1. The summed E-state index contributed by atoms with van der Waals surface area (Å²) in [6, 6.07) is 2.62. The predicted molar refractivity (Wildman–Crippen MR) is 57.5 cm³/mol. The molecule has 3 rings (SSSR count). The smallest absolute Gasteiger partial charge is 0.0820 e. The van der Waals surface area contributed by atoms with Crippen molar-refractivity contribution in [2.45, 2.75) is 25.3 Å². The first-order valence-electron chi connectivity index (χ1n) is 5.20. The molecule has 0 saturated heterocycles. The lowest BCUT2D eigenvalue weighted by Crippen LogP contribution is -2.05. The summed E-state index contributed by atoms with van der Waals surface area (Å²) < 4.78 is 0. The molecule has 3 heteroatoms. The van der Waals surface area contributed by atoms with E-state index < -0.39 is 0 Å². The number of nitrogens with zero attached hydrogens (tertiary/aromatic N) is 1. The average Bonchev–Trinajstić information content (AvgIpc) is 2.97. The molecule has 2 atom stereocenters. The molecule has 0 spiro atoms. The van der Waals surface area contributed by atoms with Gasteiger partial charge in [-0.1, -0.05) is 11.6 Å². The first kappa shape index (κ1) is 8.54. The van der Waals surface area contributed by atoms with Gasteiger partial charge in [-0.3, -0.25) is 4.98 Å². The topological polar surface area (TPSA) is 24.9 Å². The largest absolute Gasteiger partial charge is 0.381 e. The normalized spacial score (nSPS) is 30.1. The van der Waals surface area contributed by atoms with E-state index >= 15 is 0 Å². The van der Waals surface area contributed by atoms with Crippen LogP contribution in [0, 0.1) is 11.8 Å². The summed E-state index contributed by atoms with van der Waals surface area (Å²) in [7, 11) is 0. The van der Waals surface area contributed by atoms with Gasteiger partial charge in [-0.25, -0.2) is 0 Å². The van der Waals surface area contributed by atoms with Crippen molar-refractivity contribution in [2.24, 2.45) is 11.8 Å². The zero-order chi connectivity index (χ0) is 9.54. The number of anilines is 1. The SMILES string of the molecule is Clc1cnccc1NC1CC1C1CC1. The third-order valence-electron chi connectivity index (χ3n) is 3.18. The summed E-state index contributed by atoms with van der Waals surface area (Å²) in [6.45, 7) is 0. The molecule has 74 valence electrons. The zero-order valence-electron chi connectivity index (χ0n) is 7.91. The fourth-order valence-corrected chi connectivity index (χ4v) is 2.29. The highest BCUT2D eigenvalue weighted by atomic mass is 35.5. The molecule has 2 saturated carbocycles. The van der Waals surface area contributed by atoms with Gasteiger partial charge >= 0.3 is 0 Å². The number of pyridine rings is 1. The van der Waals surface area contributed by atoms with Gasteiger partial charge in [0.1, 0.15) is 0 Å². The van der Waals surface area contributed by atoms with Crippen molar-refractivity contribution in [3.63, 3.8) is 0 Å². The highest BCUT2D eigenvalue weighted by Crippen LogP contribution is 2.51. The van der Waals surface area contributed by atoms with E-state index in [-0.39, 0.29) is 0 Å². The van der Waals surface area contributed by atoms with Crippen LogP contribution in [0.5, 0.6) is 0 Å². The molecule has 0 radical (unpaired) electrons. The highest BCUT2D eigenvalue weighted by molar-refractivity contribution is 6.33. The van der Waals surface area contributed by atoms with Gasteiger partial charge in [-0.15, -0.1) is 0 Å². The molecule has 1 aromatic rings. The molecule has 2 aliphatic rings. The Labute approximate surface area is 88.7 Å². The Balaban J connectivity index is 1.65. The first-order chi connectivity index (χ1) is 6.84. The summed E-state index contributed by atoms with van der Waals surface area (Å²) in [5.74, 6) is 1.92. The molecule has 1 aromatic heterocycles. The molecule has 2 unspecified atom stereocenters. The fraction of sp³-hybridized carbons (Fsp3) is 0.545. The van der Waals surface area contributed by atoms with Crippen LogP contribution in [-0.4, -0.2) is 11.0 Å². The molecular weight excluding hydrogens is 196 g/mol. The predicted octanol–water partition coefficient (Wildman–Crippen LogP) is 2.95. The number of rotatable bonds is 3. The lowest BCUT2D eigenvalue weighted by Gasteiger charge is -2.06.